The van der Waals surface area contributed by atoms with Gasteiger partial charge >= 0.3 is 0 Å². The van der Waals surface area contributed by atoms with Gasteiger partial charge in [-0.1, -0.05) is 12.1 Å². The number of carbonyl (C=O) groups excluding carboxylic acids is 1. The Morgan fingerprint density at radius 2 is 1.93 bits per heavy atom. The minimum Gasteiger partial charge on any atom is -0.489 e. The van der Waals surface area contributed by atoms with Gasteiger partial charge in [-0.25, -0.2) is 13.8 Å². The molecule has 0 aliphatic carbocycles. The van der Waals surface area contributed by atoms with Crippen molar-refractivity contribution in [1.82, 2.24) is 9.88 Å². The quantitative estimate of drug-likeness (QED) is 0.611. The lowest BCUT2D eigenvalue weighted by Crippen LogP contribution is -2.26. The maximum Gasteiger partial charge on any atom is 0.273 e. The molecule has 140 valence electrons. The summed E-state index contributed by atoms with van der Waals surface area (Å²) in [5.74, 6) is -0.636. The molecule has 7 heteroatoms. The van der Waals surface area contributed by atoms with Gasteiger partial charge < -0.3 is 9.64 Å². The Morgan fingerprint density at radius 3 is 2.59 bits per heavy atom. The molecule has 0 aliphatic heterocycles. The summed E-state index contributed by atoms with van der Waals surface area (Å²) in [6.07, 6.45) is 0. The highest BCUT2D eigenvalue weighted by molar-refractivity contribution is 7.13. The Bertz CT molecular complexity index is 941. The van der Waals surface area contributed by atoms with Gasteiger partial charge in [-0.15, -0.1) is 11.3 Å². The van der Waals surface area contributed by atoms with Gasteiger partial charge in [0.1, 0.15) is 34.7 Å². The first-order chi connectivity index (χ1) is 13.0. The van der Waals surface area contributed by atoms with Crippen molar-refractivity contribution in [1.29, 1.82) is 0 Å². The first-order valence-corrected chi connectivity index (χ1v) is 9.24. The number of thiazole rings is 1. The third-order valence-corrected chi connectivity index (χ3v) is 4.91. The molecule has 1 amide bonds. The second-order valence-corrected chi connectivity index (χ2v) is 6.77. The molecule has 0 aliphatic rings. The summed E-state index contributed by atoms with van der Waals surface area (Å²) in [7, 11) is 1.69. The zero-order chi connectivity index (χ0) is 19.4. The summed E-state index contributed by atoms with van der Waals surface area (Å²) in [4.78, 5) is 17.9. The summed E-state index contributed by atoms with van der Waals surface area (Å²) in [5.41, 5.74) is 1.40. The first-order valence-electron chi connectivity index (χ1n) is 8.36. The molecule has 2 aromatic carbocycles. The number of hydrogen-bond donors (Lipinski definition) is 0. The fourth-order valence-corrected chi connectivity index (χ4v) is 3.16. The molecule has 27 heavy (non-hydrogen) atoms. The normalized spacial score (nSPS) is 10.7. The second-order valence-electron chi connectivity index (χ2n) is 5.91. The molecule has 0 saturated heterocycles. The zero-order valence-electron chi connectivity index (χ0n) is 14.9. The number of nitrogens with zero attached hydrogens (tertiary/aromatic N) is 2. The monoisotopic (exact) mass is 388 g/mol. The molecule has 0 N–H and O–H groups in total. The molecule has 0 atom stereocenters. The van der Waals surface area contributed by atoms with E-state index in [1.54, 1.807) is 41.6 Å². The van der Waals surface area contributed by atoms with E-state index in [4.69, 9.17) is 4.74 Å². The molecule has 0 fully saturated rings. The van der Waals surface area contributed by atoms with Crippen LogP contribution in [0.15, 0.2) is 47.8 Å². The molecule has 0 radical (unpaired) electrons. The predicted octanol–water partition coefficient (Wildman–Crippen LogP) is 4.76. The number of benzene rings is 2. The number of ether oxygens (including phenoxy) is 1. The van der Waals surface area contributed by atoms with Crippen molar-refractivity contribution >= 4 is 17.2 Å². The Labute approximate surface area is 160 Å². The molecule has 3 aromatic rings. The molecular formula is C20H18F2N2O2S. The second kappa shape index (κ2) is 8.26. The van der Waals surface area contributed by atoms with Crippen molar-refractivity contribution < 1.29 is 18.3 Å². The Hall–Kier alpha value is -2.80. The van der Waals surface area contributed by atoms with Crippen LogP contribution < -0.4 is 4.74 Å². The third-order valence-electron chi connectivity index (χ3n) is 4.03. The molecule has 4 nitrogen and oxygen atoms in total. The van der Waals surface area contributed by atoms with Crippen molar-refractivity contribution in [2.45, 2.75) is 13.5 Å². The SMILES string of the molecule is CCN(C)C(=O)c1csc(-c2ccc(OCc3ccc(F)cc3)cc2F)n1. The van der Waals surface area contributed by atoms with Gasteiger partial charge in [0, 0.05) is 30.6 Å². The Kier molecular flexibility index (Phi) is 5.81. The van der Waals surface area contributed by atoms with Gasteiger partial charge in [0.05, 0.1) is 0 Å². The van der Waals surface area contributed by atoms with E-state index in [0.29, 0.717) is 28.6 Å². The largest absolute Gasteiger partial charge is 0.489 e. The van der Waals surface area contributed by atoms with Crippen molar-refractivity contribution in [3.63, 3.8) is 0 Å². The van der Waals surface area contributed by atoms with E-state index in [0.717, 1.165) is 5.56 Å². The van der Waals surface area contributed by atoms with Gasteiger partial charge in [-0.05, 0) is 36.8 Å². The van der Waals surface area contributed by atoms with Crippen molar-refractivity contribution in [3.8, 4) is 16.3 Å². The van der Waals surface area contributed by atoms with Crippen LogP contribution in [0.4, 0.5) is 8.78 Å². The Morgan fingerprint density at radius 1 is 1.19 bits per heavy atom. The number of hydrogen-bond acceptors (Lipinski definition) is 4. The minimum atomic E-state index is -0.483. The van der Waals surface area contributed by atoms with Crippen LogP contribution in [-0.2, 0) is 6.61 Å². The highest BCUT2D eigenvalue weighted by Crippen LogP contribution is 2.29. The molecule has 0 unspecified atom stereocenters. The van der Waals surface area contributed by atoms with E-state index in [1.165, 1.54) is 29.5 Å². The maximum absolute atomic E-state index is 14.5. The average molecular weight is 388 g/mol. The topological polar surface area (TPSA) is 42.4 Å². The van der Waals surface area contributed by atoms with Crippen LogP contribution in [0.3, 0.4) is 0 Å². The standard InChI is InChI=1S/C20H18F2N2O2S/c1-3-24(2)20(25)18-12-27-19(23-18)16-9-8-15(10-17(16)22)26-11-13-4-6-14(21)7-5-13/h4-10,12H,3,11H2,1-2H3. The van der Waals surface area contributed by atoms with Gasteiger partial charge in [0.15, 0.2) is 0 Å². The van der Waals surface area contributed by atoms with Crippen LogP contribution in [0.1, 0.15) is 23.0 Å². The number of aromatic nitrogens is 1. The molecule has 3 rings (SSSR count). The molecule has 1 heterocycles. The fraction of sp³-hybridized carbons (Fsp3) is 0.200. The van der Waals surface area contributed by atoms with Crippen LogP contribution in [0.2, 0.25) is 0 Å². The van der Waals surface area contributed by atoms with E-state index < -0.39 is 5.82 Å². The summed E-state index contributed by atoms with van der Waals surface area (Å²) in [5, 5.41) is 2.06. The van der Waals surface area contributed by atoms with Crippen molar-refractivity contribution in [2.24, 2.45) is 0 Å². The van der Waals surface area contributed by atoms with E-state index in [-0.39, 0.29) is 18.3 Å². The summed E-state index contributed by atoms with van der Waals surface area (Å²) >= 11 is 1.22. The van der Waals surface area contributed by atoms with Crippen LogP contribution in [0, 0.1) is 11.6 Å². The first kappa shape index (κ1) is 19.0. The number of rotatable bonds is 6. The van der Waals surface area contributed by atoms with Crippen molar-refractivity contribution in [2.75, 3.05) is 13.6 Å². The van der Waals surface area contributed by atoms with E-state index in [1.807, 2.05) is 6.92 Å². The van der Waals surface area contributed by atoms with E-state index in [9.17, 15) is 13.6 Å². The summed E-state index contributed by atoms with van der Waals surface area (Å²) in [6.45, 7) is 2.65. The van der Waals surface area contributed by atoms with Gasteiger partial charge in [-0.3, -0.25) is 4.79 Å². The zero-order valence-corrected chi connectivity index (χ0v) is 15.7. The third kappa shape index (κ3) is 4.49. The van der Waals surface area contributed by atoms with Crippen molar-refractivity contribution in [3.05, 3.63) is 70.7 Å². The highest BCUT2D eigenvalue weighted by atomic mass is 32.1. The van der Waals surface area contributed by atoms with Crippen LogP contribution in [0.5, 0.6) is 5.75 Å². The molecule has 0 bridgehead atoms. The Balaban J connectivity index is 1.72. The van der Waals surface area contributed by atoms with Crippen LogP contribution in [0.25, 0.3) is 10.6 Å². The summed E-state index contributed by atoms with van der Waals surface area (Å²) < 4.78 is 32.9. The fourth-order valence-electron chi connectivity index (χ4n) is 2.34. The van der Waals surface area contributed by atoms with E-state index >= 15 is 0 Å². The molecular weight excluding hydrogens is 370 g/mol. The molecule has 1 aromatic heterocycles. The highest BCUT2D eigenvalue weighted by Gasteiger charge is 2.17. The lowest BCUT2D eigenvalue weighted by atomic mass is 10.2. The van der Waals surface area contributed by atoms with E-state index in [2.05, 4.69) is 4.98 Å². The number of carbonyl (C=O) groups is 1. The van der Waals surface area contributed by atoms with Crippen LogP contribution in [-0.4, -0.2) is 29.4 Å². The number of amides is 1. The van der Waals surface area contributed by atoms with Gasteiger partial charge in [0.2, 0.25) is 0 Å². The van der Waals surface area contributed by atoms with Crippen LogP contribution >= 0.6 is 11.3 Å². The molecule has 0 saturated carbocycles. The smallest absolute Gasteiger partial charge is 0.273 e. The van der Waals surface area contributed by atoms with Gasteiger partial charge in [-0.2, -0.15) is 0 Å². The lowest BCUT2D eigenvalue weighted by Gasteiger charge is -2.11. The minimum absolute atomic E-state index is 0.195. The predicted molar refractivity (Wildman–Crippen MR) is 101 cm³/mol. The molecule has 0 spiro atoms. The maximum atomic E-state index is 14.5. The van der Waals surface area contributed by atoms with Gasteiger partial charge in [0.25, 0.3) is 5.91 Å². The average Bonchev–Trinajstić information content (AvgIpc) is 3.16. The lowest BCUT2D eigenvalue weighted by molar-refractivity contribution is 0.0797. The summed E-state index contributed by atoms with van der Waals surface area (Å²) in [6, 6.07) is 10.4. The number of halogens is 2.